The van der Waals surface area contributed by atoms with Gasteiger partial charge in [-0.2, -0.15) is 0 Å². The quantitative estimate of drug-likeness (QED) is 0.620. The first-order chi connectivity index (χ1) is 15.4. The molecule has 5 heteroatoms. The van der Waals surface area contributed by atoms with Crippen LogP contribution < -0.4 is 15.5 Å². The predicted octanol–water partition coefficient (Wildman–Crippen LogP) is 5.96. The number of urea groups is 1. The Bertz CT molecular complexity index is 1070. The van der Waals surface area contributed by atoms with Crippen LogP contribution in [0.4, 0.5) is 16.2 Å². The van der Waals surface area contributed by atoms with Gasteiger partial charge in [0.1, 0.15) is 0 Å². The third-order valence-corrected chi connectivity index (χ3v) is 6.92. The highest BCUT2D eigenvalue weighted by Crippen LogP contribution is 2.48. The van der Waals surface area contributed by atoms with E-state index in [4.69, 9.17) is 0 Å². The molecule has 1 heterocycles. The second kappa shape index (κ2) is 8.12. The number of amides is 2. The molecule has 2 N–H and O–H groups in total. The standard InChI is InChI=1S/C27H31N3O2/c1-27(2)16-21-24(23(31)17-27)25(18-10-4-3-5-11-18)30(22-15-9-8-14-20(22)29-21)26(32)28-19-12-6-7-13-19/h3-5,8-11,14-15,19,25,29H,6-7,12-13,16-17H2,1-2H3,(H,28,32)/t25-/m1/s1. The summed E-state index contributed by atoms with van der Waals surface area (Å²) < 4.78 is 0. The molecule has 1 saturated carbocycles. The SMILES string of the molecule is CC1(C)CC(=O)C2=C(C1)Nc1ccccc1N(C(=O)NC1CCCC1)[C@@H]2c1ccccc1. The summed E-state index contributed by atoms with van der Waals surface area (Å²) in [6.45, 7) is 4.27. The Morgan fingerprint density at radius 2 is 1.69 bits per heavy atom. The summed E-state index contributed by atoms with van der Waals surface area (Å²) in [5.74, 6) is 0.115. The lowest BCUT2D eigenvalue weighted by atomic mass is 9.73. The molecule has 2 aromatic rings. The lowest BCUT2D eigenvalue weighted by Crippen LogP contribution is -2.47. The first-order valence-corrected chi connectivity index (χ1v) is 11.7. The number of hydrogen-bond acceptors (Lipinski definition) is 3. The number of carbonyl (C=O) groups is 2. The zero-order valence-electron chi connectivity index (χ0n) is 18.9. The van der Waals surface area contributed by atoms with Gasteiger partial charge in [0.15, 0.2) is 5.78 Å². The molecule has 166 valence electrons. The van der Waals surface area contributed by atoms with Gasteiger partial charge in [0.2, 0.25) is 0 Å². The summed E-state index contributed by atoms with van der Waals surface area (Å²) in [6, 6.07) is 17.4. The molecule has 0 bridgehead atoms. The lowest BCUT2D eigenvalue weighted by Gasteiger charge is -2.37. The number of fused-ring (bicyclic) bond motifs is 1. The van der Waals surface area contributed by atoms with E-state index in [0.29, 0.717) is 12.0 Å². The summed E-state index contributed by atoms with van der Waals surface area (Å²) in [6.07, 6.45) is 5.56. The van der Waals surface area contributed by atoms with Crippen LogP contribution in [0.2, 0.25) is 0 Å². The van der Waals surface area contributed by atoms with Crippen LogP contribution in [0.15, 0.2) is 65.9 Å². The van der Waals surface area contributed by atoms with Gasteiger partial charge >= 0.3 is 6.03 Å². The second-order valence-electron chi connectivity index (χ2n) is 10.1. The Morgan fingerprint density at radius 3 is 2.44 bits per heavy atom. The molecule has 1 atom stereocenters. The molecule has 0 aromatic heterocycles. The molecule has 5 rings (SSSR count). The average Bonchev–Trinajstić information content (AvgIpc) is 3.21. The van der Waals surface area contributed by atoms with E-state index >= 15 is 0 Å². The van der Waals surface area contributed by atoms with Crippen molar-refractivity contribution in [1.82, 2.24) is 5.32 Å². The first-order valence-electron chi connectivity index (χ1n) is 11.7. The van der Waals surface area contributed by atoms with Crippen molar-refractivity contribution in [3.05, 3.63) is 71.4 Å². The van der Waals surface area contributed by atoms with E-state index in [1.807, 2.05) is 59.5 Å². The van der Waals surface area contributed by atoms with Gasteiger partial charge in [0.05, 0.1) is 17.4 Å². The molecule has 3 aliphatic rings. The van der Waals surface area contributed by atoms with Crippen LogP contribution in [0, 0.1) is 5.41 Å². The zero-order chi connectivity index (χ0) is 22.3. The minimum atomic E-state index is -0.465. The van der Waals surface area contributed by atoms with E-state index in [1.165, 1.54) is 0 Å². The fourth-order valence-corrected chi connectivity index (χ4v) is 5.48. The molecule has 0 unspecified atom stereocenters. The van der Waals surface area contributed by atoms with Gasteiger partial charge in [-0.25, -0.2) is 4.79 Å². The molecule has 1 fully saturated rings. The minimum absolute atomic E-state index is 0.115. The number of benzene rings is 2. The van der Waals surface area contributed by atoms with E-state index < -0.39 is 6.04 Å². The van der Waals surface area contributed by atoms with Gasteiger partial charge in [-0.1, -0.05) is 69.2 Å². The van der Waals surface area contributed by atoms with Crippen molar-refractivity contribution >= 4 is 23.2 Å². The van der Waals surface area contributed by atoms with Crippen molar-refractivity contribution in [3.63, 3.8) is 0 Å². The Balaban J connectivity index is 1.69. The van der Waals surface area contributed by atoms with Gasteiger partial charge in [0.25, 0.3) is 0 Å². The van der Waals surface area contributed by atoms with Gasteiger partial charge in [-0.15, -0.1) is 0 Å². The highest BCUT2D eigenvalue weighted by atomic mass is 16.2. The summed E-state index contributed by atoms with van der Waals surface area (Å²) >= 11 is 0. The summed E-state index contributed by atoms with van der Waals surface area (Å²) in [4.78, 5) is 29.2. The van der Waals surface area contributed by atoms with Crippen LogP contribution in [0.3, 0.4) is 0 Å². The molecule has 1 aliphatic heterocycles. The maximum absolute atomic E-state index is 13.8. The minimum Gasteiger partial charge on any atom is -0.357 e. The number of nitrogens with one attached hydrogen (secondary N) is 2. The molecule has 0 radical (unpaired) electrons. The van der Waals surface area contributed by atoms with Crippen molar-refractivity contribution in [2.24, 2.45) is 5.41 Å². The van der Waals surface area contributed by atoms with Crippen LogP contribution in [0.1, 0.15) is 64.0 Å². The van der Waals surface area contributed by atoms with Crippen molar-refractivity contribution in [3.8, 4) is 0 Å². The Hall–Kier alpha value is -3.08. The molecule has 0 saturated heterocycles. The van der Waals surface area contributed by atoms with Crippen molar-refractivity contribution in [2.75, 3.05) is 10.2 Å². The molecular weight excluding hydrogens is 398 g/mol. The molecule has 2 amide bonds. The number of ketones is 1. The topological polar surface area (TPSA) is 61.4 Å². The summed E-state index contributed by atoms with van der Waals surface area (Å²) in [5, 5.41) is 6.83. The van der Waals surface area contributed by atoms with Crippen LogP contribution >= 0.6 is 0 Å². The highest BCUT2D eigenvalue weighted by molar-refractivity contribution is 6.06. The largest absolute Gasteiger partial charge is 0.357 e. The predicted molar refractivity (Wildman–Crippen MR) is 128 cm³/mol. The summed E-state index contributed by atoms with van der Waals surface area (Å²) in [7, 11) is 0. The summed E-state index contributed by atoms with van der Waals surface area (Å²) in [5.41, 5.74) is 4.15. The molecule has 5 nitrogen and oxygen atoms in total. The normalized spacial score (nSPS) is 22.6. The van der Waals surface area contributed by atoms with Gasteiger partial charge in [-0.3, -0.25) is 9.69 Å². The molecule has 0 spiro atoms. The number of rotatable bonds is 2. The maximum Gasteiger partial charge on any atom is 0.323 e. The number of allylic oxidation sites excluding steroid dienone is 1. The Kier molecular flexibility index (Phi) is 5.28. The zero-order valence-corrected chi connectivity index (χ0v) is 18.9. The van der Waals surface area contributed by atoms with Gasteiger partial charge in [-0.05, 0) is 42.4 Å². The number of hydrogen-bond donors (Lipinski definition) is 2. The van der Waals surface area contributed by atoms with E-state index in [2.05, 4.69) is 24.5 Å². The molecule has 32 heavy (non-hydrogen) atoms. The van der Waals surface area contributed by atoms with Crippen molar-refractivity contribution in [1.29, 1.82) is 0 Å². The molecular formula is C27H31N3O2. The number of anilines is 2. The van der Waals surface area contributed by atoms with Gasteiger partial charge in [0, 0.05) is 23.7 Å². The van der Waals surface area contributed by atoms with Crippen LogP contribution in [-0.2, 0) is 4.79 Å². The fraction of sp³-hybridized carbons (Fsp3) is 0.407. The fourth-order valence-electron chi connectivity index (χ4n) is 5.48. The third-order valence-electron chi connectivity index (χ3n) is 6.92. The molecule has 2 aromatic carbocycles. The number of para-hydroxylation sites is 2. The first kappa shape index (κ1) is 20.8. The monoisotopic (exact) mass is 429 g/mol. The lowest BCUT2D eigenvalue weighted by molar-refractivity contribution is -0.118. The van der Waals surface area contributed by atoms with Crippen molar-refractivity contribution < 1.29 is 9.59 Å². The third kappa shape index (κ3) is 3.81. The average molecular weight is 430 g/mol. The van der Waals surface area contributed by atoms with E-state index in [9.17, 15) is 9.59 Å². The van der Waals surface area contributed by atoms with E-state index in [1.54, 1.807) is 0 Å². The number of nitrogens with zero attached hydrogens (tertiary/aromatic N) is 1. The van der Waals surface area contributed by atoms with Crippen LogP contribution in [-0.4, -0.2) is 17.9 Å². The highest BCUT2D eigenvalue weighted by Gasteiger charge is 2.43. The van der Waals surface area contributed by atoms with E-state index in [0.717, 1.165) is 54.7 Å². The number of Topliss-reactive ketones (excluding diaryl/α,β-unsaturated/α-hetero) is 1. The Labute approximate surface area is 189 Å². The second-order valence-corrected chi connectivity index (χ2v) is 10.1. The van der Waals surface area contributed by atoms with Crippen LogP contribution in [0.5, 0.6) is 0 Å². The van der Waals surface area contributed by atoms with Crippen molar-refractivity contribution in [2.45, 2.75) is 64.5 Å². The Morgan fingerprint density at radius 1 is 1.00 bits per heavy atom. The van der Waals surface area contributed by atoms with E-state index in [-0.39, 0.29) is 23.3 Å². The van der Waals surface area contributed by atoms with Gasteiger partial charge < -0.3 is 10.6 Å². The molecule has 2 aliphatic carbocycles. The van der Waals surface area contributed by atoms with Crippen LogP contribution in [0.25, 0.3) is 0 Å². The maximum atomic E-state index is 13.8. The number of carbonyl (C=O) groups excluding carboxylic acids is 2. The smallest absolute Gasteiger partial charge is 0.323 e.